The van der Waals surface area contributed by atoms with Gasteiger partial charge in [-0.25, -0.2) is 4.98 Å². The van der Waals surface area contributed by atoms with Crippen LogP contribution in [0.4, 0.5) is 0 Å². The van der Waals surface area contributed by atoms with Crippen LogP contribution in [0.3, 0.4) is 0 Å². The highest BCUT2D eigenvalue weighted by Gasteiger charge is 2.13. The third-order valence-electron chi connectivity index (χ3n) is 3.80. The molecule has 0 aliphatic rings. The van der Waals surface area contributed by atoms with Gasteiger partial charge in [0.15, 0.2) is 0 Å². The van der Waals surface area contributed by atoms with Crippen LogP contribution in [0.5, 0.6) is 11.9 Å². The van der Waals surface area contributed by atoms with Crippen molar-refractivity contribution in [2.45, 2.75) is 19.5 Å². The molecule has 0 bridgehead atoms. The summed E-state index contributed by atoms with van der Waals surface area (Å²) in [5, 5.41) is 6.99. The lowest BCUT2D eigenvalue weighted by molar-refractivity contribution is 0.0936. The highest BCUT2D eigenvalue weighted by atomic mass is 16.5. The van der Waals surface area contributed by atoms with Crippen LogP contribution in [0, 0.1) is 0 Å². The number of ether oxygens (including phenoxy) is 2. The standard InChI is InChI=1S/C18H20N6O3/c1-12(9-24-11-19-10-20-24)21-17(25)14-6-4-5-13(7-14)15-8-16(26-2)23-18(22-15)27-3/h4-8,10-12H,9H2,1-3H3,(H,21,25)/t12-/m1/s1. The Kier molecular flexibility index (Phi) is 5.60. The quantitative estimate of drug-likeness (QED) is 0.675. The van der Waals surface area contributed by atoms with E-state index in [2.05, 4.69) is 25.4 Å². The molecule has 1 aromatic carbocycles. The van der Waals surface area contributed by atoms with Crippen LogP contribution in [0.25, 0.3) is 11.3 Å². The lowest BCUT2D eigenvalue weighted by Gasteiger charge is -2.14. The first-order valence-electron chi connectivity index (χ1n) is 8.30. The molecule has 27 heavy (non-hydrogen) atoms. The van der Waals surface area contributed by atoms with E-state index in [1.54, 1.807) is 35.3 Å². The summed E-state index contributed by atoms with van der Waals surface area (Å²) in [7, 11) is 3.00. The minimum atomic E-state index is -0.183. The lowest BCUT2D eigenvalue weighted by atomic mass is 10.1. The zero-order valence-electron chi connectivity index (χ0n) is 15.3. The Bertz CT molecular complexity index is 891. The van der Waals surface area contributed by atoms with E-state index in [1.807, 2.05) is 13.0 Å². The summed E-state index contributed by atoms with van der Waals surface area (Å²) in [6.07, 6.45) is 3.07. The molecule has 0 aliphatic carbocycles. The Balaban J connectivity index is 1.78. The lowest BCUT2D eigenvalue weighted by Crippen LogP contribution is -2.35. The first-order chi connectivity index (χ1) is 13.1. The Morgan fingerprint density at radius 1 is 1.22 bits per heavy atom. The number of aromatic nitrogens is 5. The van der Waals surface area contributed by atoms with E-state index < -0.39 is 0 Å². The Morgan fingerprint density at radius 3 is 2.78 bits per heavy atom. The molecule has 0 unspecified atom stereocenters. The van der Waals surface area contributed by atoms with E-state index in [-0.39, 0.29) is 18.0 Å². The summed E-state index contributed by atoms with van der Waals surface area (Å²) in [4.78, 5) is 24.9. The number of benzene rings is 1. The van der Waals surface area contributed by atoms with Crippen molar-refractivity contribution in [3.63, 3.8) is 0 Å². The summed E-state index contributed by atoms with van der Waals surface area (Å²) in [5.41, 5.74) is 1.88. The van der Waals surface area contributed by atoms with Crippen molar-refractivity contribution in [2.75, 3.05) is 14.2 Å². The summed E-state index contributed by atoms with van der Waals surface area (Å²) >= 11 is 0. The van der Waals surface area contributed by atoms with Gasteiger partial charge in [0.05, 0.1) is 26.5 Å². The first-order valence-corrected chi connectivity index (χ1v) is 8.30. The van der Waals surface area contributed by atoms with E-state index in [4.69, 9.17) is 9.47 Å². The molecule has 3 rings (SSSR count). The molecule has 0 spiro atoms. The van der Waals surface area contributed by atoms with Gasteiger partial charge >= 0.3 is 6.01 Å². The fourth-order valence-corrected chi connectivity index (χ4v) is 2.53. The Labute approximate surface area is 156 Å². The number of amides is 1. The van der Waals surface area contributed by atoms with Gasteiger partial charge in [-0.15, -0.1) is 0 Å². The number of nitrogens with zero attached hydrogens (tertiary/aromatic N) is 5. The molecule has 1 N–H and O–H groups in total. The van der Waals surface area contributed by atoms with Gasteiger partial charge < -0.3 is 14.8 Å². The van der Waals surface area contributed by atoms with Crippen molar-refractivity contribution in [3.05, 3.63) is 48.5 Å². The second-order valence-corrected chi connectivity index (χ2v) is 5.86. The van der Waals surface area contributed by atoms with Crippen molar-refractivity contribution in [1.29, 1.82) is 0 Å². The zero-order chi connectivity index (χ0) is 19.2. The van der Waals surface area contributed by atoms with Crippen LogP contribution in [-0.4, -0.2) is 50.9 Å². The monoisotopic (exact) mass is 368 g/mol. The van der Waals surface area contributed by atoms with Gasteiger partial charge in [-0.2, -0.15) is 15.1 Å². The Hall–Kier alpha value is -3.49. The van der Waals surface area contributed by atoms with E-state index >= 15 is 0 Å². The maximum Gasteiger partial charge on any atom is 0.320 e. The number of nitrogens with one attached hydrogen (secondary N) is 1. The molecule has 140 valence electrons. The summed E-state index contributed by atoms with van der Waals surface area (Å²) in [5.74, 6) is 0.200. The molecule has 0 fully saturated rings. The van der Waals surface area contributed by atoms with Crippen molar-refractivity contribution in [1.82, 2.24) is 30.0 Å². The third-order valence-corrected chi connectivity index (χ3v) is 3.80. The SMILES string of the molecule is COc1cc(-c2cccc(C(=O)N[C@H](C)Cn3cncn3)c2)nc(OC)n1. The van der Waals surface area contributed by atoms with Gasteiger partial charge in [-0.05, 0) is 19.1 Å². The fourth-order valence-electron chi connectivity index (χ4n) is 2.53. The highest BCUT2D eigenvalue weighted by molar-refractivity contribution is 5.95. The maximum atomic E-state index is 12.6. The number of carbonyl (C=O) groups is 1. The van der Waals surface area contributed by atoms with Gasteiger partial charge in [0.25, 0.3) is 5.91 Å². The molecule has 2 heterocycles. The number of carbonyl (C=O) groups excluding carboxylic acids is 1. The third kappa shape index (κ3) is 4.57. The minimum absolute atomic E-state index is 0.109. The average Bonchev–Trinajstić information content (AvgIpc) is 3.20. The number of rotatable bonds is 7. The molecule has 1 atom stereocenters. The molecule has 1 amide bonds. The van der Waals surface area contributed by atoms with E-state index in [0.29, 0.717) is 23.7 Å². The van der Waals surface area contributed by atoms with Gasteiger partial charge in [-0.3, -0.25) is 9.48 Å². The molecule has 0 saturated heterocycles. The number of methoxy groups -OCH3 is 2. The number of hydrogen-bond acceptors (Lipinski definition) is 7. The molecular formula is C18H20N6O3. The first kappa shape index (κ1) is 18.3. The average molecular weight is 368 g/mol. The molecule has 9 nitrogen and oxygen atoms in total. The Morgan fingerprint density at radius 2 is 2.07 bits per heavy atom. The number of hydrogen-bond donors (Lipinski definition) is 1. The van der Waals surface area contributed by atoms with E-state index in [9.17, 15) is 4.79 Å². The van der Waals surface area contributed by atoms with Crippen LogP contribution in [0.2, 0.25) is 0 Å². The summed E-state index contributed by atoms with van der Waals surface area (Å²) < 4.78 is 11.9. The predicted octanol–water partition coefficient (Wildman–Crippen LogP) is 1.57. The van der Waals surface area contributed by atoms with E-state index in [0.717, 1.165) is 5.56 Å². The molecule has 2 aromatic heterocycles. The second-order valence-electron chi connectivity index (χ2n) is 5.86. The smallest absolute Gasteiger partial charge is 0.320 e. The topological polar surface area (TPSA) is 104 Å². The highest BCUT2D eigenvalue weighted by Crippen LogP contribution is 2.24. The molecule has 0 aliphatic heterocycles. The van der Waals surface area contributed by atoms with Crippen molar-refractivity contribution in [3.8, 4) is 23.1 Å². The van der Waals surface area contributed by atoms with Gasteiger partial charge in [0, 0.05) is 23.2 Å². The molecule has 0 radical (unpaired) electrons. The fraction of sp³-hybridized carbons (Fsp3) is 0.278. The van der Waals surface area contributed by atoms with Gasteiger partial charge in [-0.1, -0.05) is 12.1 Å². The maximum absolute atomic E-state index is 12.6. The van der Waals surface area contributed by atoms with Crippen LogP contribution in [0.1, 0.15) is 17.3 Å². The summed E-state index contributed by atoms with van der Waals surface area (Å²) in [6.45, 7) is 2.44. The molecule has 9 heteroatoms. The predicted molar refractivity (Wildman–Crippen MR) is 97.5 cm³/mol. The second kappa shape index (κ2) is 8.26. The van der Waals surface area contributed by atoms with Crippen molar-refractivity contribution in [2.24, 2.45) is 0 Å². The van der Waals surface area contributed by atoms with Crippen LogP contribution in [0.15, 0.2) is 43.0 Å². The van der Waals surface area contributed by atoms with Crippen LogP contribution < -0.4 is 14.8 Å². The van der Waals surface area contributed by atoms with Gasteiger partial charge in [0.2, 0.25) is 5.88 Å². The molecule has 3 aromatic rings. The molecular weight excluding hydrogens is 348 g/mol. The van der Waals surface area contributed by atoms with Crippen LogP contribution in [-0.2, 0) is 6.54 Å². The van der Waals surface area contributed by atoms with Crippen LogP contribution >= 0.6 is 0 Å². The summed E-state index contributed by atoms with van der Waals surface area (Å²) in [6, 6.07) is 8.94. The normalized spacial score (nSPS) is 11.7. The van der Waals surface area contributed by atoms with Crippen molar-refractivity contribution < 1.29 is 14.3 Å². The minimum Gasteiger partial charge on any atom is -0.481 e. The van der Waals surface area contributed by atoms with Crippen molar-refractivity contribution >= 4 is 5.91 Å². The molecule has 0 saturated carbocycles. The largest absolute Gasteiger partial charge is 0.481 e. The zero-order valence-corrected chi connectivity index (χ0v) is 15.3. The van der Waals surface area contributed by atoms with E-state index in [1.165, 1.54) is 20.5 Å². The van der Waals surface area contributed by atoms with Gasteiger partial charge in [0.1, 0.15) is 12.7 Å².